The van der Waals surface area contributed by atoms with Gasteiger partial charge in [0.25, 0.3) is 0 Å². The van der Waals surface area contributed by atoms with E-state index in [0.29, 0.717) is 45.1 Å². The number of ether oxygens (including phenoxy) is 1. The molecule has 2 atom stereocenters. The maximum absolute atomic E-state index is 12.7. The smallest absolute Gasteiger partial charge is 0.326 e. The van der Waals surface area contributed by atoms with Gasteiger partial charge in [-0.25, -0.2) is 4.79 Å². The molecule has 0 spiro atoms. The summed E-state index contributed by atoms with van der Waals surface area (Å²) >= 11 is 0. The summed E-state index contributed by atoms with van der Waals surface area (Å²) in [6, 6.07) is -0.911. The van der Waals surface area contributed by atoms with E-state index in [1.165, 1.54) is 77.0 Å². The summed E-state index contributed by atoms with van der Waals surface area (Å²) in [6.45, 7) is 4.79. The van der Waals surface area contributed by atoms with Crippen LogP contribution in [0.4, 0.5) is 0 Å². The molecule has 2 unspecified atom stereocenters. The molecule has 1 amide bonds. The Balaban J connectivity index is 4.55. The van der Waals surface area contributed by atoms with Gasteiger partial charge in [0.1, 0.15) is 12.1 Å². The number of hydrogen-bond acceptors (Lipinski definition) is 5. The molecule has 0 aliphatic carbocycles. The normalized spacial score (nSPS) is 13.3. The Morgan fingerprint density at radius 1 is 0.588 bits per heavy atom. The Labute approximate surface area is 312 Å². The molecular formula is C44H76N2O5. The van der Waals surface area contributed by atoms with Gasteiger partial charge in [-0.3, -0.25) is 9.59 Å². The largest absolute Gasteiger partial charge is 0.480 e. The van der Waals surface area contributed by atoms with Crippen LogP contribution in [0.25, 0.3) is 0 Å². The quantitative estimate of drug-likeness (QED) is 0.0338. The summed E-state index contributed by atoms with van der Waals surface area (Å²) in [6.07, 6.45) is 47.0. The van der Waals surface area contributed by atoms with Crippen LogP contribution in [0, 0.1) is 0 Å². The van der Waals surface area contributed by atoms with Gasteiger partial charge in [0.2, 0.25) is 5.91 Å². The highest BCUT2D eigenvalue weighted by molar-refractivity contribution is 5.83. The van der Waals surface area contributed by atoms with Crippen molar-refractivity contribution in [1.82, 2.24) is 5.32 Å². The fourth-order valence-corrected chi connectivity index (χ4v) is 5.75. The zero-order valence-corrected chi connectivity index (χ0v) is 32.7. The molecule has 0 saturated heterocycles. The van der Waals surface area contributed by atoms with E-state index in [2.05, 4.69) is 67.8 Å². The molecule has 0 rings (SSSR count). The van der Waals surface area contributed by atoms with E-state index < -0.39 is 12.0 Å². The molecule has 0 radical (unpaired) electrons. The first-order valence-electron chi connectivity index (χ1n) is 20.6. The van der Waals surface area contributed by atoms with Gasteiger partial charge in [-0.2, -0.15) is 0 Å². The lowest BCUT2D eigenvalue weighted by atomic mass is 10.0. The number of amides is 1. The van der Waals surface area contributed by atoms with Crippen molar-refractivity contribution in [2.24, 2.45) is 5.73 Å². The second-order valence-corrected chi connectivity index (χ2v) is 13.7. The number of carboxylic acids is 1. The first-order chi connectivity index (χ1) is 24.9. The van der Waals surface area contributed by atoms with Crippen molar-refractivity contribution < 1.29 is 24.2 Å². The summed E-state index contributed by atoms with van der Waals surface area (Å²) in [4.78, 5) is 36.5. The number of unbranched alkanes of at least 4 members (excludes halogenated alkanes) is 14. The van der Waals surface area contributed by atoms with Crippen molar-refractivity contribution in [2.45, 2.75) is 193 Å². The molecule has 0 aromatic carbocycles. The van der Waals surface area contributed by atoms with Crippen molar-refractivity contribution in [3.05, 3.63) is 60.8 Å². The molecule has 0 aromatic rings. The standard InChI is InChI=1S/C44H76N2O5/c1-3-5-7-9-11-13-15-17-19-21-23-25-27-29-34-40(35-31-32-37-42(47)46-41(44(49)50)36-33-39-45)51-43(48)38-30-28-26-24-22-20-18-16-14-12-10-8-6-4-2/h5,7,11,13,17,19,23,25,29,34,40-41H,3-4,6,8-10,12,14-16,18,20-22,24,26-28,30-33,35-39,45H2,1-2H3,(H,46,47)(H,49,50)/b7-5-,13-11-,19-17-,25-23-,34-29-. The van der Waals surface area contributed by atoms with Gasteiger partial charge in [0.15, 0.2) is 0 Å². The molecule has 7 heteroatoms. The van der Waals surface area contributed by atoms with Crippen LogP contribution in [0.2, 0.25) is 0 Å². The number of rotatable bonds is 36. The topological polar surface area (TPSA) is 119 Å². The monoisotopic (exact) mass is 713 g/mol. The van der Waals surface area contributed by atoms with E-state index in [0.717, 1.165) is 44.9 Å². The highest BCUT2D eigenvalue weighted by Crippen LogP contribution is 2.15. The number of carboxylic acid groups (broad SMARTS) is 1. The van der Waals surface area contributed by atoms with Crippen LogP contribution in [0.1, 0.15) is 181 Å². The van der Waals surface area contributed by atoms with E-state index in [1.54, 1.807) is 0 Å². The number of esters is 1. The molecule has 0 saturated carbocycles. The predicted molar refractivity (Wildman–Crippen MR) is 216 cm³/mol. The van der Waals surface area contributed by atoms with Gasteiger partial charge < -0.3 is 20.9 Å². The molecule has 4 N–H and O–H groups in total. The summed E-state index contributed by atoms with van der Waals surface area (Å²) < 4.78 is 5.86. The van der Waals surface area contributed by atoms with Crippen molar-refractivity contribution in [2.75, 3.05) is 6.54 Å². The van der Waals surface area contributed by atoms with Crippen molar-refractivity contribution >= 4 is 17.8 Å². The number of allylic oxidation sites excluding steroid dienone is 9. The minimum Gasteiger partial charge on any atom is -0.480 e. The van der Waals surface area contributed by atoms with Crippen molar-refractivity contribution in [3.63, 3.8) is 0 Å². The van der Waals surface area contributed by atoms with E-state index >= 15 is 0 Å². The van der Waals surface area contributed by atoms with Gasteiger partial charge in [0.05, 0.1) is 0 Å². The zero-order valence-electron chi connectivity index (χ0n) is 32.7. The van der Waals surface area contributed by atoms with Gasteiger partial charge in [-0.1, -0.05) is 152 Å². The third kappa shape index (κ3) is 35.3. The molecule has 0 aliphatic heterocycles. The number of carbonyl (C=O) groups is 3. The van der Waals surface area contributed by atoms with Crippen molar-refractivity contribution in [3.8, 4) is 0 Å². The number of nitrogens with two attached hydrogens (primary N) is 1. The fraction of sp³-hybridized carbons (Fsp3) is 0.705. The maximum Gasteiger partial charge on any atom is 0.326 e. The summed E-state index contributed by atoms with van der Waals surface area (Å²) in [5, 5.41) is 12.0. The van der Waals surface area contributed by atoms with E-state index in [1.807, 2.05) is 12.2 Å². The second kappa shape index (κ2) is 38.3. The van der Waals surface area contributed by atoms with Gasteiger partial charge in [0, 0.05) is 12.8 Å². The minimum atomic E-state index is -1.04. The lowest BCUT2D eigenvalue weighted by Crippen LogP contribution is -2.40. The van der Waals surface area contributed by atoms with Crippen LogP contribution in [0.3, 0.4) is 0 Å². The molecular weight excluding hydrogens is 636 g/mol. The van der Waals surface area contributed by atoms with Crippen molar-refractivity contribution in [1.29, 1.82) is 0 Å². The van der Waals surface area contributed by atoms with Gasteiger partial charge in [-0.05, 0) is 83.2 Å². The summed E-state index contributed by atoms with van der Waals surface area (Å²) in [5.74, 6) is -1.48. The maximum atomic E-state index is 12.7. The van der Waals surface area contributed by atoms with Crippen LogP contribution >= 0.6 is 0 Å². The molecule has 0 heterocycles. The molecule has 0 aliphatic rings. The Morgan fingerprint density at radius 3 is 1.55 bits per heavy atom. The minimum absolute atomic E-state index is 0.165. The fourth-order valence-electron chi connectivity index (χ4n) is 5.75. The SMILES string of the molecule is CC/C=C\C/C=C\C/C=C\C/C=C\C/C=C\C(CCCCC(=O)NC(CCCN)C(=O)O)OC(=O)CCCCCCCCCCCCCCCC. The molecule has 7 nitrogen and oxygen atoms in total. The van der Waals surface area contributed by atoms with Gasteiger partial charge >= 0.3 is 11.9 Å². The lowest BCUT2D eigenvalue weighted by Gasteiger charge is -2.16. The molecule has 0 bridgehead atoms. The Morgan fingerprint density at radius 2 is 1.06 bits per heavy atom. The average Bonchev–Trinajstić information content (AvgIpc) is 3.11. The second-order valence-electron chi connectivity index (χ2n) is 13.7. The van der Waals surface area contributed by atoms with E-state index in [-0.39, 0.29) is 24.4 Å². The Kier molecular flexibility index (Phi) is 36.1. The van der Waals surface area contributed by atoms with Crippen LogP contribution in [-0.4, -0.2) is 41.6 Å². The summed E-state index contributed by atoms with van der Waals surface area (Å²) in [5.41, 5.74) is 5.49. The van der Waals surface area contributed by atoms with Crippen LogP contribution < -0.4 is 11.1 Å². The first-order valence-corrected chi connectivity index (χ1v) is 20.6. The average molecular weight is 713 g/mol. The summed E-state index contributed by atoms with van der Waals surface area (Å²) in [7, 11) is 0. The zero-order chi connectivity index (χ0) is 37.5. The third-order valence-electron chi connectivity index (χ3n) is 8.83. The third-order valence-corrected chi connectivity index (χ3v) is 8.83. The van der Waals surface area contributed by atoms with E-state index in [9.17, 15) is 19.5 Å². The van der Waals surface area contributed by atoms with Gasteiger partial charge in [-0.15, -0.1) is 0 Å². The lowest BCUT2D eigenvalue weighted by molar-refractivity contribution is -0.147. The Hall–Kier alpha value is -2.93. The highest BCUT2D eigenvalue weighted by Gasteiger charge is 2.19. The molecule has 0 aromatic heterocycles. The Bertz CT molecular complexity index is 984. The molecule has 0 fully saturated rings. The van der Waals surface area contributed by atoms with Crippen LogP contribution in [0.5, 0.6) is 0 Å². The number of carbonyl (C=O) groups excluding carboxylic acids is 2. The number of nitrogens with one attached hydrogen (secondary N) is 1. The molecule has 292 valence electrons. The highest BCUT2D eigenvalue weighted by atomic mass is 16.5. The van der Waals surface area contributed by atoms with E-state index in [4.69, 9.17) is 10.5 Å². The predicted octanol–water partition coefficient (Wildman–Crippen LogP) is 11.4. The number of hydrogen-bond donors (Lipinski definition) is 3. The van der Waals surface area contributed by atoms with Crippen LogP contribution in [0.15, 0.2) is 60.8 Å². The number of aliphatic carboxylic acids is 1. The molecule has 51 heavy (non-hydrogen) atoms. The van der Waals surface area contributed by atoms with Crippen LogP contribution in [-0.2, 0) is 19.1 Å². The first kappa shape index (κ1) is 48.1.